The van der Waals surface area contributed by atoms with Crippen molar-refractivity contribution in [1.82, 2.24) is 10.2 Å². The second-order valence-corrected chi connectivity index (χ2v) is 5.54. The van der Waals surface area contributed by atoms with Crippen LogP contribution in [-0.4, -0.2) is 43.3 Å². The Morgan fingerprint density at radius 1 is 1.15 bits per heavy atom. The summed E-state index contributed by atoms with van der Waals surface area (Å²) in [6.45, 7) is 7.41. The van der Waals surface area contributed by atoms with Crippen LogP contribution in [0.2, 0.25) is 0 Å². The molecule has 0 spiro atoms. The van der Waals surface area contributed by atoms with Gasteiger partial charge in [0, 0.05) is 6.54 Å². The molecule has 0 saturated carbocycles. The zero-order chi connectivity index (χ0) is 14.8. The number of hydrogen-bond acceptors (Lipinski definition) is 3. The van der Waals surface area contributed by atoms with Crippen LogP contribution < -0.4 is 5.32 Å². The quantitative estimate of drug-likeness (QED) is 0.690. The highest BCUT2D eigenvalue weighted by Crippen LogP contribution is 2.25. The van der Waals surface area contributed by atoms with E-state index in [1.165, 1.54) is 18.4 Å². The number of aliphatic hydroxyl groups excluding tert-OH is 1. The van der Waals surface area contributed by atoms with E-state index in [1.54, 1.807) is 0 Å². The minimum absolute atomic E-state index is 0.131. The van der Waals surface area contributed by atoms with Gasteiger partial charge in [-0.3, -0.25) is 0 Å². The third kappa shape index (κ3) is 4.89. The van der Waals surface area contributed by atoms with Crippen LogP contribution in [0.5, 0.6) is 0 Å². The molecule has 20 heavy (non-hydrogen) atoms. The molecule has 0 aromatic heterocycles. The largest absolute Gasteiger partial charge is 0.394 e. The first kappa shape index (κ1) is 17.2. The average molecular weight is 278 g/mol. The van der Waals surface area contributed by atoms with Crippen molar-refractivity contribution in [3.05, 3.63) is 35.9 Å². The van der Waals surface area contributed by atoms with Gasteiger partial charge < -0.3 is 15.3 Å². The number of nitrogens with zero attached hydrogens (tertiary/aromatic N) is 1. The van der Waals surface area contributed by atoms with Crippen molar-refractivity contribution in [3.8, 4) is 0 Å². The molecule has 2 N–H and O–H groups in total. The van der Waals surface area contributed by atoms with Crippen LogP contribution in [0.3, 0.4) is 0 Å². The molecule has 0 radical (unpaired) electrons. The van der Waals surface area contributed by atoms with Gasteiger partial charge in [-0.25, -0.2) is 0 Å². The smallest absolute Gasteiger partial charge is 0.0681 e. The predicted molar refractivity (Wildman–Crippen MR) is 85.9 cm³/mol. The minimum Gasteiger partial charge on any atom is -0.394 e. The van der Waals surface area contributed by atoms with Gasteiger partial charge in [-0.05, 0) is 38.5 Å². The Morgan fingerprint density at radius 3 is 2.40 bits per heavy atom. The van der Waals surface area contributed by atoms with E-state index < -0.39 is 0 Å². The average Bonchev–Trinajstić information content (AvgIpc) is 2.50. The monoisotopic (exact) mass is 278 g/mol. The van der Waals surface area contributed by atoms with Crippen LogP contribution in [0.4, 0.5) is 0 Å². The Morgan fingerprint density at radius 2 is 1.85 bits per heavy atom. The van der Waals surface area contributed by atoms with Gasteiger partial charge in [0.05, 0.1) is 12.1 Å². The van der Waals surface area contributed by atoms with Crippen molar-refractivity contribution in [2.75, 3.05) is 33.3 Å². The second kappa shape index (κ2) is 9.11. The third-order valence-corrected chi connectivity index (χ3v) is 3.93. The van der Waals surface area contributed by atoms with Gasteiger partial charge in [0.25, 0.3) is 0 Å². The molecule has 0 aliphatic heterocycles. The maximum absolute atomic E-state index is 9.97. The SMILES string of the molecule is CCCCN(C)CCC(CO)(NCC)c1ccccc1. The van der Waals surface area contributed by atoms with Gasteiger partial charge in [-0.15, -0.1) is 0 Å². The molecule has 0 aliphatic rings. The minimum atomic E-state index is -0.323. The highest BCUT2D eigenvalue weighted by Gasteiger charge is 2.30. The van der Waals surface area contributed by atoms with Gasteiger partial charge >= 0.3 is 0 Å². The van der Waals surface area contributed by atoms with E-state index in [0.717, 1.165) is 26.1 Å². The molecule has 1 atom stereocenters. The van der Waals surface area contributed by atoms with E-state index in [9.17, 15) is 5.11 Å². The number of aliphatic hydroxyl groups is 1. The summed E-state index contributed by atoms with van der Waals surface area (Å²) in [4.78, 5) is 2.36. The van der Waals surface area contributed by atoms with E-state index >= 15 is 0 Å². The fourth-order valence-corrected chi connectivity index (χ4v) is 2.58. The van der Waals surface area contributed by atoms with Crippen molar-refractivity contribution in [2.45, 2.75) is 38.6 Å². The van der Waals surface area contributed by atoms with Gasteiger partial charge in [0.15, 0.2) is 0 Å². The van der Waals surface area contributed by atoms with E-state index in [2.05, 4.69) is 43.2 Å². The summed E-state index contributed by atoms with van der Waals surface area (Å²) >= 11 is 0. The molecule has 0 aliphatic carbocycles. The topological polar surface area (TPSA) is 35.5 Å². The number of benzene rings is 1. The highest BCUT2D eigenvalue weighted by atomic mass is 16.3. The first-order valence-electron chi connectivity index (χ1n) is 7.78. The lowest BCUT2D eigenvalue weighted by atomic mass is 9.87. The summed E-state index contributed by atoms with van der Waals surface area (Å²) in [5.74, 6) is 0. The number of likely N-dealkylation sites (N-methyl/N-ethyl adjacent to an activating group) is 1. The Hall–Kier alpha value is -0.900. The number of rotatable bonds is 10. The molecule has 0 heterocycles. The molecule has 0 amide bonds. The van der Waals surface area contributed by atoms with E-state index in [0.29, 0.717) is 0 Å². The van der Waals surface area contributed by atoms with Crippen LogP contribution in [0.1, 0.15) is 38.7 Å². The Bertz CT molecular complexity index is 355. The number of unbranched alkanes of at least 4 members (excludes halogenated alkanes) is 1. The zero-order valence-electron chi connectivity index (χ0n) is 13.2. The maximum atomic E-state index is 9.97. The number of nitrogens with one attached hydrogen (secondary N) is 1. The Kier molecular flexibility index (Phi) is 7.82. The molecule has 3 nitrogen and oxygen atoms in total. The lowest BCUT2D eigenvalue weighted by molar-refractivity contribution is 0.138. The van der Waals surface area contributed by atoms with Gasteiger partial charge in [-0.2, -0.15) is 0 Å². The van der Waals surface area contributed by atoms with Gasteiger partial charge in [-0.1, -0.05) is 50.6 Å². The van der Waals surface area contributed by atoms with E-state index in [-0.39, 0.29) is 12.1 Å². The first-order chi connectivity index (χ1) is 9.68. The summed E-state index contributed by atoms with van der Waals surface area (Å²) in [6, 6.07) is 10.3. The fraction of sp³-hybridized carbons (Fsp3) is 0.647. The molecule has 1 aromatic carbocycles. The van der Waals surface area contributed by atoms with Crippen LogP contribution in [0, 0.1) is 0 Å². The summed E-state index contributed by atoms with van der Waals surface area (Å²) in [5, 5.41) is 13.5. The summed E-state index contributed by atoms with van der Waals surface area (Å²) in [7, 11) is 2.16. The summed E-state index contributed by atoms with van der Waals surface area (Å²) in [6.07, 6.45) is 3.37. The number of hydrogen-bond donors (Lipinski definition) is 2. The molecule has 1 aromatic rings. The van der Waals surface area contributed by atoms with Crippen molar-refractivity contribution in [2.24, 2.45) is 0 Å². The normalized spacial score (nSPS) is 14.4. The zero-order valence-corrected chi connectivity index (χ0v) is 13.2. The molecule has 0 fully saturated rings. The van der Waals surface area contributed by atoms with Crippen molar-refractivity contribution < 1.29 is 5.11 Å². The molecule has 1 unspecified atom stereocenters. The molecule has 3 heteroatoms. The van der Waals surface area contributed by atoms with E-state index in [4.69, 9.17) is 0 Å². The van der Waals surface area contributed by atoms with Crippen molar-refractivity contribution >= 4 is 0 Å². The standard InChI is InChI=1S/C17H30N2O/c1-4-6-13-19(3)14-12-17(15-20,18-5-2)16-10-8-7-9-11-16/h7-11,18,20H,4-6,12-15H2,1-3H3. The highest BCUT2D eigenvalue weighted by molar-refractivity contribution is 5.24. The fourth-order valence-electron chi connectivity index (χ4n) is 2.58. The molecule has 1 rings (SSSR count). The van der Waals surface area contributed by atoms with Crippen LogP contribution in [0.25, 0.3) is 0 Å². The maximum Gasteiger partial charge on any atom is 0.0681 e. The molecule has 0 saturated heterocycles. The molecule has 0 bridgehead atoms. The first-order valence-corrected chi connectivity index (χ1v) is 7.78. The van der Waals surface area contributed by atoms with Gasteiger partial charge in [0.2, 0.25) is 0 Å². The second-order valence-electron chi connectivity index (χ2n) is 5.54. The van der Waals surface area contributed by atoms with Gasteiger partial charge in [0.1, 0.15) is 0 Å². The summed E-state index contributed by atoms with van der Waals surface area (Å²) in [5.41, 5.74) is 0.851. The Labute approximate surface area is 124 Å². The predicted octanol–water partition coefficient (Wildman–Crippen LogP) is 2.61. The molecule has 114 valence electrons. The lowest BCUT2D eigenvalue weighted by Crippen LogP contribution is -2.47. The van der Waals surface area contributed by atoms with E-state index in [1.807, 2.05) is 18.2 Å². The summed E-state index contributed by atoms with van der Waals surface area (Å²) < 4.78 is 0. The van der Waals surface area contributed by atoms with Crippen molar-refractivity contribution in [3.63, 3.8) is 0 Å². The van der Waals surface area contributed by atoms with Crippen LogP contribution >= 0.6 is 0 Å². The van der Waals surface area contributed by atoms with Crippen LogP contribution in [0.15, 0.2) is 30.3 Å². The van der Waals surface area contributed by atoms with Crippen molar-refractivity contribution in [1.29, 1.82) is 0 Å². The molecular weight excluding hydrogens is 248 g/mol. The third-order valence-electron chi connectivity index (χ3n) is 3.93. The lowest BCUT2D eigenvalue weighted by Gasteiger charge is -2.35. The molecular formula is C17H30N2O. The van der Waals surface area contributed by atoms with Crippen LogP contribution in [-0.2, 0) is 5.54 Å². The Balaban J connectivity index is 2.74.